The van der Waals surface area contributed by atoms with Gasteiger partial charge in [-0.2, -0.15) is 10.1 Å². The van der Waals surface area contributed by atoms with Gasteiger partial charge >= 0.3 is 0 Å². The molecule has 158 valence electrons. The van der Waals surface area contributed by atoms with Crippen molar-refractivity contribution in [3.63, 3.8) is 0 Å². The van der Waals surface area contributed by atoms with Crippen LogP contribution < -0.4 is 5.32 Å². The molecule has 1 N–H and O–H groups in total. The van der Waals surface area contributed by atoms with E-state index in [9.17, 15) is 9.59 Å². The Morgan fingerprint density at radius 3 is 2.65 bits per heavy atom. The van der Waals surface area contributed by atoms with E-state index in [0.29, 0.717) is 18.1 Å². The quantitative estimate of drug-likeness (QED) is 0.520. The first kappa shape index (κ1) is 20.3. The van der Waals surface area contributed by atoms with Crippen molar-refractivity contribution in [1.82, 2.24) is 29.0 Å². The van der Waals surface area contributed by atoms with E-state index in [0.717, 1.165) is 17.7 Å². The summed E-state index contributed by atoms with van der Waals surface area (Å²) in [5, 5.41) is 6.86. The molecule has 3 aromatic heterocycles. The number of hydrogen-bond donors (Lipinski definition) is 1. The van der Waals surface area contributed by atoms with Crippen molar-refractivity contribution in [2.75, 3.05) is 18.9 Å². The van der Waals surface area contributed by atoms with Gasteiger partial charge in [-0.05, 0) is 12.5 Å². The summed E-state index contributed by atoms with van der Waals surface area (Å²) in [4.78, 5) is 36.2. The van der Waals surface area contributed by atoms with Crippen molar-refractivity contribution in [3.05, 3.63) is 66.2 Å². The van der Waals surface area contributed by atoms with E-state index in [2.05, 4.69) is 20.4 Å². The van der Waals surface area contributed by atoms with Crippen LogP contribution in [0.2, 0.25) is 0 Å². The standard InChI is InChI=1S/C22H23N7O2/c1-4-11-27(2)21(31)16-13-23-28(3)19(16)20(30)25-18-10-12-29-14-17(24-22(29)26-18)15-8-6-5-7-9-15/h5-10,12-14H,4,11H2,1-3H3,(H,24,25,26,30). The number of aryl methyl sites for hydroxylation is 1. The zero-order valence-corrected chi connectivity index (χ0v) is 17.6. The molecule has 0 fully saturated rings. The Kier molecular flexibility index (Phi) is 5.48. The van der Waals surface area contributed by atoms with E-state index >= 15 is 0 Å². The number of nitrogens with zero attached hydrogens (tertiary/aromatic N) is 6. The molecule has 0 saturated heterocycles. The molecule has 4 rings (SSSR count). The third kappa shape index (κ3) is 4.02. The highest BCUT2D eigenvalue weighted by molar-refractivity contribution is 6.10. The summed E-state index contributed by atoms with van der Waals surface area (Å²) in [6, 6.07) is 11.5. The third-order valence-corrected chi connectivity index (χ3v) is 4.93. The topological polar surface area (TPSA) is 97.4 Å². The van der Waals surface area contributed by atoms with E-state index in [1.807, 2.05) is 43.5 Å². The lowest BCUT2D eigenvalue weighted by Crippen LogP contribution is -2.30. The van der Waals surface area contributed by atoms with Crippen molar-refractivity contribution in [1.29, 1.82) is 0 Å². The van der Waals surface area contributed by atoms with Crippen LogP contribution in [0.3, 0.4) is 0 Å². The van der Waals surface area contributed by atoms with Crippen LogP contribution in [-0.4, -0.2) is 54.5 Å². The van der Waals surface area contributed by atoms with Gasteiger partial charge in [0.15, 0.2) is 0 Å². The molecule has 1 aromatic carbocycles. The molecule has 9 nitrogen and oxygen atoms in total. The van der Waals surface area contributed by atoms with Gasteiger partial charge in [0, 0.05) is 38.6 Å². The van der Waals surface area contributed by atoms with Gasteiger partial charge in [-0.15, -0.1) is 0 Å². The second-order valence-electron chi connectivity index (χ2n) is 7.22. The fourth-order valence-corrected chi connectivity index (χ4v) is 3.37. The Bertz CT molecular complexity index is 1240. The van der Waals surface area contributed by atoms with E-state index in [1.54, 1.807) is 35.7 Å². The summed E-state index contributed by atoms with van der Waals surface area (Å²) in [7, 11) is 3.33. The summed E-state index contributed by atoms with van der Waals surface area (Å²) in [6.45, 7) is 2.58. The van der Waals surface area contributed by atoms with Crippen LogP contribution in [0.1, 0.15) is 34.2 Å². The minimum atomic E-state index is -0.458. The van der Waals surface area contributed by atoms with Gasteiger partial charge in [-0.3, -0.25) is 18.7 Å². The van der Waals surface area contributed by atoms with E-state index in [-0.39, 0.29) is 17.2 Å². The average Bonchev–Trinajstić information content (AvgIpc) is 3.37. The molecule has 0 atom stereocenters. The van der Waals surface area contributed by atoms with Crippen LogP contribution in [0, 0.1) is 0 Å². The first-order chi connectivity index (χ1) is 15.0. The Morgan fingerprint density at radius 2 is 1.90 bits per heavy atom. The summed E-state index contributed by atoms with van der Waals surface area (Å²) in [5.74, 6) is 0.0917. The Morgan fingerprint density at radius 1 is 1.13 bits per heavy atom. The predicted octanol–water partition coefficient (Wildman–Crippen LogP) is 2.86. The highest BCUT2D eigenvalue weighted by atomic mass is 16.2. The lowest BCUT2D eigenvalue weighted by molar-refractivity contribution is 0.0789. The molecule has 0 aliphatic carbocycles. The monoisotopic (exact) mass is 417 g/mol. The van der Waals surface area contributed by atoms with E-state index in [1.165, 1.54) is 10.9 Å². The fraction of sp³-hybridized carbons (Fsp3) is 0.227. The molecular formula is C22H23N7O2. The third-order valence-electron chi connectivity index (χ3n) is 4.93. The Labute approximate surface area is 179 Å². The van der Waals surface area contributed by atoms with Crippen molar-refractivity contribution >= 4 is 23.4 Å². The first-order valence-electron chi connectivity index (χ1n) is 9.98. The van der Waals surface area contributed by atoms with Crippen LogP contribution in [0.25, 0.3) is 17.0 Å². The largest absolute Gasteiger partial charge is 0.342 e. The number of aromatic nitrogens is 5. The van der Waals surface area contributed by atoms with Crippen LogP contribution in [-0.2, 0) is 7.05 Å². The minimum Gasteiger partial charge on any atom is -0.342 e. The summed E-state index contributed by atoms with van der Waals surface area (Å²) in [5.41, 5.74) is 2.20. The van der Waals surface area contributed by atoms with Gasteiger partial charge in [-0.1, -0.05) is 37.3 Å². The fourth-order valence-electron chi connectivity index (χ4n) is 3.37. The molecule has 2 amide bonds. The summed E-state index contributed by atoms with van der Waals surface area (Å²) in [6.07, 6.45) is 5.90. The van der Waals surface area contributed by atoms with Crippen molar-refractivity contribution in [2.45, 2.75) is 13.3 Å². The molecular weight excluding hydrogens is 394 g/mol. The van der Waals surface area contributed by atoms with E-state index < -0.39 is 5.91 Å². The summed E-state index contributed by atoms with van der Waals surface area (Å²) < 4.78 is 3.18. The van der Waals surface area contributed by atoms with Gasteiger partial charge in [0.25, 0.3) is 11.8 Å². The van der Waals surface area contributed by atoms with Crippen LogP contribution in [0.4, 0.5) is 5.82 Å². The number of imidazole rings is 1. The first-order valence-corrected chi connectivity index (χ1v) is 9.98. The minimum absolute atomic E-state index is 0.183. The van der Waals surface area contributed by atoms with Gasteiger partial charge in [0.2, 0.25) is 5.78 Å². The number of fused-ring (bicyclic) bond motifs is 1. The number of rotatable bonds is 6. The van der Waals surface area contributed by atoms with Crippen LogP contribution in [0.15, 0.2) is 55.0 Å². The molecule has 0 aliphatic rings. The van der Waals surface area contributed by atoms with Gasteiger partial charge in [-0.25, -0.2) is 4.98 Å². The predicted molar refractivity (Wildman–Crippen MR) is 117 cm³/mol. The second-order valence-corrected chi connectivity index (χ2v) is 7.22. The number of benzene rings is 1. The molecule has 0 bridgehead atoms. The number of carbonyl (C=O) groups is 2. The molecule has 0 aliphatic heterocycles. The zero-order valence-electron chi connectivity index (χ0n) is 17.6. The lowest BCUT2D eigenvalue weighted by Gasteiger charge is -2.16. The maximum absolute atomic E-state index is 13.0. The molecule has 31 heavy (non-hydrogen) atoms. The number of nitrogens with one attached hydrogen (secondary N) is 1. The summed E-state index contributed by atoms with van der Waals surface area (Å²) >= 11 is 0. The molecule has 0 unspecified atom stereocenters. The normalized spacial score (nSPS) is 10.9. The molecule has 4 aromatic rings. The number of carbonyl (C=O) groups excluding carboxylic acids is 2. The van der Waals surface area contributed by atoms with Gasteiger partial charge in [0.1, 0.15) is 11.5 Å². The Balaban J connectivity index is 1.59. The highest BCUT2D eigenvalue weighted by Gasteiger charge is 2.24. The molecule has 0 spiro atoms. The maximum Gasteiger partial charge on any atom is 0.275 e. The average molecular weight is 417 g/mol. The SMILES string of the molecule is CCCN(C)C(=O)c1cnn(C)c1C(=O)Nc1ccn2cc(-c3ccccc3)nc2n1. The molecule has 9 heteroatoms. The molecule has 3 heterocycles. The Hall–Kier alpha value is -4.01. The van der Waals surface area contributed by atoms with Gasteiger partial charge in [0.05, 0.1) is 17.5 Å². The van der Waals surface area contributed by atoms with Gasteiger partial charge < -0.3 is 10.2 Å². The van der Waals surface area contributed by atoms with Crippen molar-refractivity contribution in [3.8, 4) is 11.3 Å². The molecule has 0 saturated carbocycles. The van der Waals surface area contributed by atoms with Crippen molar-refractivity contribution in [2.24, 2.45) is 7.05 Å². The highest BCUT2D eigenvalue weighted by Crippen LogP contribution is 2.19. The second kappa shape index (κ2) is 8.39. The van der Waals surface area contributed by atoms with Crippen LogP contribution >= 0.6 is 0 Å². The lowest BCUT2D eigenvalue weighted by atomic mass is 10.2. The number of hydrogen-bond acceptors (Lipinski definition) is 5. The number of amides is 2. The molecule has 0 radical (unpaired) electrons. The number of anilines is 1. The van der Waals surface area contributed by atoms with Crippen molar-refractivity contribution < 1.29 is 9.59 Å². The van der Waals surface area contributed by atoms with Crippen LogP contribution in [0.5, 0.6) is 0 Å². The van der Waals surface area contributed by atoms with E-state index in [4.69, 9.17) is 0 Å². The zero-order chi connectivity index (χ0) is 22.0. The smallest absolute Gasteiger partial charge is 0.275 e. The maximum atomic E-state index is 13.0.